The number of hydrogen-bond donors (Lipinski definition) is 2. The first-order valence-corrected chi connectivity index (χ1v) is 9.35. The molecule has 0 bridgehead atoms. The van der Waals surface area contributed by atoms with Crippen LogP contribution in [0.4, 0.5) is 0 Å². The number of likely N-dealkylation sites (tertiary alicyclic amines) is 1. The molecule has 8 nitrogen and oxygen atoms in total. The van der Waals surface area contributed by atoms with Crippen LogP contribution in [-0.4, -0.2) is 71.4 Å². The van der Waals surface area contributed by atoms with E-state index in [-0.39, 0.29) is 0 Å². The highest BCUT2D eigenvalue weighted by Crippen LogP contribution is 2.15. The van der Waals surface area contributed by atoms with Crippen LogP contribution < -0.4 is 10.6 Å². The summed E-state index contributed by atoms with van der Waals surface area (Å²) in [6.45, 7) is 7.19. The number of pyridine rings is 1. The Morgan fingerprint density at radius 2 is 2.27 bits per heavy atom. The zero-order valence-corrected chi connectivity index (χ0v) is 15.7. The van der Waals surface area contributed by atoms with Gasteiger partial charge in [0, 0.05) is 39.0 Å². The van der Waals surface area contributed by atoms with Crippen molar-refractivity contribution in [3.8, 4) is 0 Å². The first-order valence-electron chi connectivity index (χ1n) is 9.35. The van der Waals surface area contributed by atoms with Crippen LogP contribution in [0.25, 0.3) is 5.65 Å². The van der Waals surface area contributed by atoms with Gasteiger partial charge in [0.05, 0.1) is 6.61 Å². The lowest BCUT2D eigenvalue weighted by atomic mass is 10.2. The van der Waals surface area contributed by atoms with Crippen molar-refractivity contribution in [3.63, 3.8) is 0 Å². The topological polar surface area (TPSA) is 79.1 Å². The molecule has 142 valence electrons. The van der Waals surface area contributed by atoms with Crippen molar-refractivity contribution in [1.82, 2.24) is 30.1 Å². The summed E-state index contributed by atoms with van der Waals surface area (Å²) in [5.41, 5.74) is 0.843. The van der Waals surface area contributed by atoms with Gasteiger partial charge in [-0.05, 0) is 38.4 Å². The van der Waals surface area contributed by atoms with Gasteiger partial charge in [0.2, 0.25) is 0 Å². The van der Waals surface area contributed by atoms with E-state index in [9.17, 15) is 0 Å². The van der Waals surface area contributed by atoms with E-state index < -0.39 is 0 Å². The normalized spacial score (nSPS) is 18.5. The summed E-state index contributed by atoms with van der Waals surface area (Å²) in [5, 5.41) is 15.2. The number of methoxy groups -OCH3 is 1. The lowest BCUT2D eigenvalue weighted by molar-refractivity contribution is 0.141. The molecule has 1 aliphatic heterocycles. The second kappa shape index (κ2) is 9.49. The minimum atomic E-state index is 0.485. The first-order chi connectivity index (χ1) is 12.8. The van der Waals surface area contributed by atoms with Gasteiger partial charge in [0.1, 0.15) is 6.54 Å². The number of aromatic nitrogens is 3. The SMILES string of the molecule is CCNC(=NCc1nnc2ccccn12)NCC1CCCN1CCOC. The predicted octanol–water partition coefficient (Wildman–Crippen LogP) is 0.895. The Morgan fingerprint density at radius 3 is 3.12 bits per heavy atom. The van der Waals surface area contributed by atoms with Crippen LogP contribution >= 0.6 is 0 Å². The Balaban J connectivity index is 1.58. The fourth-order valence-electron chi connectivity index (χ4n) is 3.33. The zero-order valence-electron chi connectivity index (χ0n) is 15.7. The molecule has 0 aromatic carbocycles. The third-order valence-electron chi connectivity index (χ3n) is 4.69. The van der Waals surface area contributed by atoms with E-state index in [0.717, 1.165) is 50.2 Å². The fraction of sp³-hybridized carbons (Fsp3) is 0.611. The predicted molar refractivity (Wildman–Crippen MR) is 102 cm³/mol. The molecule has 0 spiro atoms. The van der Waals surface area contributed by atoms with Gasteiger partial charge in [-0.15, -0.1) is 10.2 Å². The number of fused-ring (bicyclic) bond motifs is 1. The summed E-state index contributed by atoms with van der Waals surface area (Å²) < 4.78 is 7.19. The van der Waals surface area contributed by atoms with Gasteiger partial charge in [0.15, 0.2) is 17.4 Å². The highest BCUT2D eigenvalue weighted by molar-refractivity contribution is 5.79. The maximum Gasteiger partial charge on any atom is 0.191 e. The smallest absolute Gasteiger partial charge is 0.191 e. The molecular formula is C18H29N7O. The number of guanidine groups is 1. The molecule has 0 radical (unpaired) electrons. The van der Waals surface area contributed by atoms with E-state index in [1.54, 1.807) is 7.11 Å². The minimum Gasteiger partial charge on any atom is -0.383 e. The highest BCUT2D eigenvalue weighted by atomic mass is 16.5. The Kier molecular flexibility index (Phi) is 6.79. The number of nitrogens with zero attached hydrogens (tertiary/aromatic N) is 5. The molecule has 0 aliphatic carbocycles. The summed E-state index contributed by atoms with van der Waals surface area (Å²) in [6, 6.07) is 6.41. The molecule has 0 amide bonds. The third-order valence-corrected chi connectivity index (χ3v) is 4.69. The quantitative estimate of drug-likeness (QED) is 0.538. The largest absolute Gasteiger partial charge is 0.383 e. The summed E-state index contributed by atoms with van der Waals surface area (Å²) in [7, 11) is 1.76. The van der Waals surface area contributed by atoms with E-state index in [1.165, 1.54) is 12.8 Å². The van der Waals surface area contributed by atoms with E-state index in [4.69, 9.17) is 4.74 Å². The van der Waals surface area contributed by atoms with Gasteiger partial charge >= 0.3 is 0 Å². The Bertz CT molecular complexity index is 714. The number of nitrogens with one attached hydrogen (secondary N) is 2. The van der Waals surface area contributed by atoms with Crippen LogP contribution in [0, 0.1) is 0 Å². The number of ether oxygens (including phenoxy) is 1. The molecule has 2 N–H and O–H groups in total. The lowest BCUT2D eigenvalue weighted by Crippen LogP contribution is -2.45. The minimum absolute atomic E-state index is 0.485. The maximum atomic E-state index is 5.22. The standard InChI is InChI=1S/C18H29N7O/c1-3-19-18(20-13-15-7-6-9-24(15)11-12-26-2)21-14-17-23-22-16-8-4-5-10-25(16)17/h4-5,8,10,15H,3,6-7,9,11-14H2,1-2H3,(H2,19,20,21). The molecular weight excluding hydrogens is 330 g/mol. The van der Waals surface area contributed by atoms with E-state index >= 15 is 0 Å². The lowest BCUT2D eigenvalue weighted by Gasteiger charge is -2.25. The van der Waals surface area contributed by atoms with Crippen LogP contribution in [0.3, 0.4) is 0 Å². The summed E-state index contributed by atoms with van der Waals surface area (Å²) in [4.78, 5) is 7.17. The van der Waals surface area contributed by atoms with Crippen molar-refractivity contribution < 1.29 is 4.74 Å². The molecule has 1 atom stereocenters. The van der Waals surface area contributed by atoms with Crippen molar-refractivity contribution in [2.45, 2.75) is 32.4 Å². The molecule has 3 heterocycles. The highest BCUT2D eigenvalue weighted by Gasteiger charge is 2.23. The van der Waals surface area contributed by atoms with E-state index in [2.05, 4.69) is 37.6 Å². The van der Waals surface area contributed by atoms with Gasteiger partial charge in [-0.2, -0.15) is 0 Å². The van der Waals surface area contributed by atoms with Crippen LogP contribution in [0.1, 0.15) is 25.6 Å². The van der Waals surface area contributed by atoms with Crippen LogP contribution in [-0.2, 0) is 11.3 Å². The van der Waals surface area contributed by atoms with Crippen molar-refractivity contribution in [2.75, 3.05) is 39.9 Å². The number of hydrogen-bond acceptors (Lipinski definition) is 5. The molecule has 1 saturated heterocycles. The van der Waals surface area contributed by atoms with Gasteiger partial charge in [-0.3, -0.25) is 9.30 Å². The van der Waals surface area contributed by atoms with Gasteiger partial charge in [-0.25, -0.2) is 4.99 Å². The Labute approximate surface area is 154 Å². The number of aliphatic imine (C=N–C) groups is 1. The second-order valence-electron chi connectivity index (χ2n) is 6.45. The fourth-order valence-corrected chi connectivity index (χ4v) is 3.33. The molecule has 3 rings (SSSR count). The van der Waals surface area contributed by atoms with Gasteiger partial charge in [0.25, 0.3) is 0 Å². The molecule has 1 unspecified atom stereocenters. The monoisotopic (exact) mass is 359 g/mol. The summed E-state index contributed by atoms with van der Waals surface area (Å²) in [6.07, 6.45) is 4.42. The average Bonchev–Trinajstić information content (AvgIpc) is 3.29. The van der Waals surface area contributed by atoms with Crippen LogP contribution in [0.2, 0.25) is 0 Å². The van der Waals surface area contributed by atoms with Crippen molar-refractivity contribution >= 4 is 11.6 Å². The van der Waals surface area contributed by atoms with Crippen molar-refractivity contribution in [3.05, 3.63) is 30.2 Å². The Morgan fingerprint density at radius 1 is 1.35 bits per heavy atom. The second-order valence-corrected chi connectivity index (χ2v) is 6.45. The summed E-state index contributed by atoms with van der Waals surface area (Å²) >= 11 is 0. The summed E-state index contributed by atoms with van der Waals surface area (Å²) in [5.74, 6) is 1.65. The number of rotatable bonds is 8. The molecule has 1 aliphatic rings. The molecule has 0 saturated carbocycles. The van der Waals surface area contributed by atoms with Crippen LogP contribution in [0.15, 0.2) is 29.4 Å². The maximum absolute atomic E-state index is 5.22. The average molecular weight is 359 g/mol. The van der Waals surface area contributed by atoms with Gasteiger partial charge < -0.3 is 15.4 Å². The zero-order chi connectivity index (χ0) is 18.2. The molecule has 8 heteroatoms. The Hall–Kier alpha value is -2.19. The molecule has 2 aromatic rings. The first kappa shape index (κ1) is 18.6. The molecule has 26 heavy (non-hydrogen) atoms. The van der Waals surface area contributed by atoms with Crippen LogP contribution in [0.5, 0.6) is 0 Å². The van der Waals surface area contributed by atoms with E-state index in [0.29, 0.717) is 12.6 Å². The van der Waals surface area contributed by atoms with E-state index in [1.807, 2.05) is 28.8 Å². The van der Waals surface area contributed by atoms with Gasteiger partial charge in [-0.1, -0.05) is 6.07 Å². The molecule has 1 fully saturated rings. The van der Waals surface area contributed by atoms with Crippen molar-refractivity contribution in [1.29, 1.82) is 0 Å². The third kappa shape index (κ3) is 4.70. The molecule has 2 aromatic heterocycles. The van der Waals surface area contributed by atoms with Crippen molar-refractivity contribution in [2.24, 2.45) is 4.99 Å².